The molecule has 1 aliphatic heterocycles. The number of sulfonamides is 1. The van der Waals surface area contributed by atoms with Crippen LogP contribution in [0.1, 0.15) is 63.8 Å². The summed E-state index contributed by atoms with van der Waals surface area (Å²) in [6.07, 6.45) is 5.68. The Labute approximate surface area is 192 Å². The van der Waals surface area contributed by atoms with Crippen LogP contribution in [-0.2, 0) is 27.6 Å². The van der Waals surface area contributed by atoms with Gasteiger partial charge in [-0.15, -0.1) is 11.3 Å². The van der Waals surface area contributed by atoms with E-state index in [1.54, 1.807) is 19.1 Å². The van der Waals surface area contributed by atoms with Crippen molar-refractivity contribution >= 4 is 38.1 Å². The van der Waals surface area contributed by atoms with Crippen LogP contribution in [0.2, 0.25) is 0 Å². The minimum Gasteiger partial charge on any atom is -0.462 e. The Bertz CT molecular complexity index is 1100. The number of nitrogens with zero attached hydrogens (tertiary/aromatic N) is 1. The fraction of sp³-hybridized carbons (Fsp3) is 0.478. The van der Waals surface area contributed by atoms with E-state index in [9.17, 15) is 18.0 Å². The Balaban J connectivity index is 1.47. The molecule has 0 bridgehead atoms. The number of ketones is 1. The second-order valence-electron chi connectivity index (χ2n) is 8.05. The van der Waals surface area contributed by atoms with Crippen molar-refractivity contribution in [2.24, 2.45) is 0 Å². The van der Waals surface area contributed by atoms with Crippen LogP contribution in [0.3, 0.4) is 0 Å². The highest BCUT2D eigenvalue weighted by molar-refractivity contribution is 7.89. The molecule has 0 atom stereocenters. The molecule has 0 unspecified atom stereocenters. The predicted octanol–water partition coefficient (Wildman–Crippen LogP) is 3.88. The summed E-state index contributed by atoms with van der Waals surface area (Å²) in [5.74, 6) is -0.519. The first-order chi connectivity index (χ1) is 15.4. The highest BCUT2D eigenvalue weighted by Crippen LogP contribution is 2.38. The van der Waals surface area contributed by atoms with Gasteiger partial charge in [-0.25, -0.2) is 13.2 Å². The van der Waals surface area contributed by atoms with Gasteiger partial charge in [-0.3, -0.25) is 4.79 Å². The number of benzene rings is 1. The lowest BCUT2D eigenvalue weighted by atomic mass is 9.95. The average Bonchev–Trinajstić information content (AvgIpc) is 3.46. The summed E-state index contributed by atoms with van der Waals surface area (Å²) in [5, 5.41) is 3.82. The molecular formula is C23H28N2O5S2. The standard InChI is InChI=1S/C23H28N2O5S2/c1-2-30-23(27)21-18-7-3-4-8-20(18)31-22(21)24-15-19(26)16-9-11-17(12-10-16)32(28,29)25-13-5-6-14-25/h9-12,24H,2-8,13-15H2,1H3. The van der Waals surface area contributed by atoms with Gasteiger partial charge < -0.3 is 10.1 Å². The van der Waals surface area contributed by atoms with Crippen molar-refractivity contribution in [1.29, 1.82) is 0 Å². The predicted molar refractivity (Wildman–Crippen MR) is 124 cm³/mol. The molecule has 9 heteroatoms. The van der Waals surface area contributed by atoms with Crippen molar-refractivity contribution < 1.29 is 22.7 Å². The van der Waals surface area contributed by atoms with Gasteiger partial charge in [0.05, 0.1) is 23.6 Å². The number of Topliss-reactive ketones (excluding diaryl/α,β-unsaturated/α-hetero) is 1. The van der Waals surface area contributed by atoms with Crippen molar-refractivity contribution in [2.75, 3.05) is 31.6 Å². The van der Waals surface area contributed by atoms with Gasteiger partial charge in [0, 0.05) is 23.5 Å². The van der Waals surface area contributed by atoms with Gasteiger partial charge in [0.2, 0.25) is 10.0 Å². The number of hydrogen-bond donors (Lipinski definition) is 1. The number of carbonyl (C=O) groups excluding carboxylic acids is 2. The number of thiophene rings is 1. The molecule has 32 heavy (non-hydrogen) atoms. The van der Waals surface area contributed by atoms with Gasteiger partial charge in [0.1, 0.15) is 5.00 Å². The molecule has 4 rings (SSSR count). The molecule has 1 aromatic carbocycles. The van der Waals surface area contributed by atoms with E-state index in [0.29, 0.717) is 35.8 Å². The first-order valence-corrected chi connectivity index (χ1v) is 13.4. The second-order valence-corrected chi connectivity index (χ2v) is 11.1. The number of hydrogen-bond acceptors (Lipinski definition) is 7. The number of anilines is 1. The topological polar surface area (TPSA) is 92.8 Å². The molecule has 2 heterocycles. The summed E-state index contributed by atoms with van der Waals surface area (Å²) in [6.45, 7) is 3.18. The monoisotopic (exact) mass is 476 g/mol. The molecule has 1 N–H and O–H groups in total. The first kappa shape index (κ1) is 22.9. The highest BCUT2D eigenvalue weighted by Gasteiger charge is 2.28. The van der Waals surface area contributed by atoms with Crippen LogP contribution in [0, 0.1) is 0 Å². The van der Waals surface area contributed by atoms with Gasteiger partial charge in [0.25, 0.3) is 0 Å². The summed E-state index contributed by atoms with van der Waals surface area (Å²) in [7, 11) is -3.50. The number of aryl methyl sites for hydroxylation is 1. The third-order valence-electron chi connectivity index (χ3n) is 5.94. The summed E-state index contributed by atoms with van der Waals surface area (Å²) >= 11 is 1.52. The molecule has 7 nitrogen and oxygen atoms in total. The molecular weight excluding hydrogens is 448 g/mol. The number of carbonyl (C=O) groups is 2. The highest BCUT2D eigenvalue weighted by atomic mass is 32.2. The van der Waals surface area contributed by atoms with Crippen LogP contribution in [0.25, 0.3) is 0 Å². The number of rotatable bonds is 8. The molecule has 0 amide bonds. The molecule has 0 spiro atoms. The Hall–Kier alpha value is -2.23. The maximum absolute atomic E-state index is 12.8. The Morgan fingerprint density at radius 3 is 2.44 bits per heavy atom. The first-order valence-electron chi connectivity index (χ1n) is 11.1. The van der Waals surface area contributed by atoms with E-state index < -0.39 is 10.0 Å². The third kappa shape index (κ3) is 4.60. The molecule has 1 aromatic heterocycles. The van der Waals surface area contributed by atoms with E-state index >= 15 is 0 Å². The van der Waals surface area contributed by atoms with E-state index in [2.05, 4.69) is 5.32 Å². The fourth-order valence-electron chi connectivity index (χ4n) is 4.26. The van der Waals surface area contributed by atoms with E-state index in [1.807, 2.05) is 0 Å². The largest absolute Gasteiger partial charge is 0.462 e. The molecule has 0 saturated carbocycles. The second kappa shape index (κ2) is 9.72. The van der Waals surface area contributed by atoms with Crippen LogP contribution in [-0.4, -0.2) is 50.7 Å². The van der Waals surface area contributed by atoms with Crippen molar-refractivity contribution in [3.63, 3.8) is 0 Å². The zero-order valence-corrected chi connectivity index (χ0v) is 19.8. The number of esters is 1. The number of fused-ring (bicyclic) bond motifs is 1. The van der Waals surface area contributed by atoms with Gasteiger partial charge in [0.15, 0.2) is 5.78 Å². The van der Waals surface area contributed by atoms with Gasteiger partial charge in [-0.2, -0.15) is 4.31 Å². The van der Waals surface area contributed by atoms with Crippen LogP contribution in [0.4, 0.5) is 5.00 Å². The third-order valence-corrected chi connectivity index (χ3v) is 9.10. The summed E-state index contributed by atoms with van der Waals surface area (Å²) in [4.78, 5) is 26.7. The van der Waals surface area contributed by atoms with Crippen molar-refractivity contribution in [2.45, 2.75) is 50.3 Å². The molecule has 1 aliphatic carbocycles. The van der Waals surface area contributed by atoms with Crippen molar-refractivity contribution in [1.82, 2.24) is 4.31 Å². The summed E-state index contributed by atoms with van der Waals surface area (Å²) in [6, 6.07) is 6.10. The zero-order valence-electron chi connectivity index (χ0n) is 18.2. The SMILES string of the molecule is CCOC(=O)c1c(NCC(=O)c2ccc(S(=O)(=O)N3CCCC3)cc2)sc2c1CCCC2. The molecule has 2 aliphatic rings. The average molecular weight is 477 g/mol. The lowest BCUT2D eigenvalue weighted by molar-refractivity contribution is 0.0526. The molecule has 0 radical (unpaired) electrons. The van der Waals surface area contributed by atoms with E-state index in [4.69, 9.17) is 4.74 Å². The number of nitrogens with one attached hydrogen (secondary N) is 1. The number of ether oxygens (including phenoxy) is 1. The van der Waals surface area contributed by atoms with E-state index in [1.165, 1.54) is 32.7 Å². The Morgan fingerprint density at radius 2 is 1.75 bits per heavy atom. The Kier molecular flexibility index (Phi) is 6.97. The molecule has 2 aromatic rings. The maximum atomic E-state index is 12.8. The molecule has 1 fully saturated rings. The van der Waals surface area contributed by atoms with Crippen LogP contribution < -0.4 is 5.32 Å². The van der Waals surface area contributed by atoms with Gasteiger partial charge in [-0.1, -0.05) is 0 Å². The van der Waals surface area contributed by atoms with Crippen molar-refractivity contribution in [3.8, 4) is 0 Å². The maximum Gasteiger partial charge on any atom is 0.341 e. The quantitative estimate of drug-likeness (QED) is 0.459. The van der Waals surface area contributed by atoms with Crippen LogP contribution >= 0.6 is 11.3 Å². The summed E-state index contributed by atoms with van der Waals surface area (Å²) in [5.41, 5.74) is 2.04. The minimum absolute atomic E-state index is 0.0179. The van der Waals surface area contributed by atoms with E-state index in [0.717, 1.165) is 44.1 Å². The smallest absolute Gasteiger partial charge is 0.341 e. The normalized spacial score (nSPS) is 16.5. The molecule has 172 valence electrons. The Morgan fingerprint density at radius 1 is 1.06 bits per heavy atom. The molecule has 1 saturated heterocycles. The zero-order chi connectivity index (χ0) is 22.7. The lowest BCUT2D eigenvalue weighted by Crippen LogP contribution is -2.27. The van der Waals surface area contributed by atoms with Crippen molar-refractivity contribution in [3.05, 3.63) is 45.8 Å². The van der Waals surface area contributed by atoms with Crippen LogP contribution in [0.15, 0.2) is 29.2 Å². The summed E-state index contributed by atoms with van der Waals surface area (Å²) < 4.78 is 32.1. The van der Waals surface area contributed by atoms with E-state index in [-0.39, 0.29) is 23.2 Å². The lowest BCUT2D eigenvalue weighted by Gasteiger charge is -2.15. The minimum atomic E-state index is -3.50. The van der Waals surface area contributed by atoms with Crippen LogP contribution in [0.5, 0.6) is 0 Å². The van der Waals surface area contributed by atoms with Gasteiger partial charge >= 0.3 is 5.97 Å². The van der Waals surface area contributed by atoms with Gasteiger partial charge in [-0.05, 0) is 75.3 Å². The fourth-order valence-corrected chi connectivity index (χ4v) is 7.05.